The van der Waals surface area contributed by atoms with Gasteiger partial charge in [-0.25, -0.2) is 4.39 Å². The second kappa shape index (κ2) is 6.22. The summed E-state index contributed by atoms with van der Waals surface area (Å²) in [5, 5.41) is 0. The molecule has 0 fully saturated rings. The van der Waals surface area contributed by atoms with E-state index in [9.17, 15) is 4.39 Å². The van der Waals surface area contributed by atoms with Gasteiger partial charge in [-0.1, -0.05) is 41.6 Å². The summed E-state index contributed by atoms with van der Waals surface area (Å²) in [6, 6.07) is 13.3. The van der Waals surface area contributed by atoms with E-state index in [0.717, 1.165) is 10.5 Å². The summed E-state index contributed by atoms with van der Waals surface area (Å²) in [6.07, 6.45) is 0.686. The molecule has 19 heavy (non-hydrogen) atoms. The van der Waals surface area contributed by atoms with Crippen LogP contribution in [0.1, 0.15) is 18.1 Å². The van der Waals surface area contributed by atoms with Crippen LogP contribution in [0.3, 0.4) is 0 Å². The van der Waals surface area contributed by atoms with E-state index in [-0.39, 0.29) is 11.9 Å². The monoisotopic (exact) mass is 275 g/mol. The van der Waals surface area contributed by atoms with Crippen LogP contribution in [0.2, 0.25) is 0 Å². The maximum absolute atomic E-state index is 14.0. The second-order valence-electron chi connectivity index (χ2n) is 4.83. The SMILES string of the molecule is Cc1cccc(Sc2c(F)cccc2CC(C)N)c1. The van der Waals surface area contributed by atoms with Gasteiger partial charge in [-0.15, -0.1) is 0 Å². The molecular weight excluding hydrogens is 257 g/mol. The predicted molar refractivity (Wildman–Crippen MR) is 79.1 cm³/mol. The molecule has 0 aliphatic heterocycles. The van der Waals surface area contributed by atoms with Crippen molar-refractivity contribution in [3.8, 4) is 0 Å². The lowest BCUT2D eigenvalue weighted by Gasteiger charge is -2.12. The first kappa shape index (κ1) is 14.1. The van der Waals surface area contributed by atoms with Crippen LogP contribution in [-0.2, 0) is 6.42 Å². The van der Waals surface area contributed by atoms with E-state index < -0.39 is 0 Å². The lowest BCUT2D eigenvalue weighted by molar-refractivity contribution is 0.593. The summed E-state index contributed by atoms with van der Waals surface area (Å²) in [5.74, 6) is -0.176. The number of rotatable bonds is 4. The summed E-state index contributed by atoms with van der Waals surface area (Å²) in [7, 11) is 0. The highest BCUT2D eigenvalue weighted by Crippen LogP contribution is 2.33. The Balaban J connectivity index is 2.33. The molecule has 2 rings (SSSR count). The smallest absolute Gasteiger partial charge is 0.137 e. The van der Waals surface area contributed by atoms with Crippen LogP contribution < -0.4 is 5.73 Å². The van der Waals surface area contributed by atoms with Crippen molar-refractivity contribution in [1.29, 1.82) is 0 Å². The zero-order valence-electron chi connectivity index (χ0n) is 11.2. The zero-order valence-corrected chi connectivity index (χ0v) is 12.0. The Bertz CT molecular complexity index is 566. The molecule has 0 aliphatic carbocycles. The number of nitrogens with two attached hydrogens (primary N) is 1. The van der Waals surface area contributed by atoms with Crippen molar-refractivity contribution in [3.05, 3.63) is 59.4 Å². The highest BCUT2D eigenvalue weighted by atomic mass is 32.2. The molecule has 0 saturated carbocycles. The summed E-state index contributed by atoms with van der Waals surface area (Å²) in [5.41, 5.74) is 7.98. The minimum absolute atomic E-state index is 0.0265. The summed E-state index contributed by atoms with van der Waals surface area (Å²) in [6.45, 7) is 3.97. The fourth-order valence-electron chi connectivity index (χ4n) is 1.97. The molecule has 0 spiro atoms. The van der Waals surface area contributed by atoms with E-state index in [1.807, 2.05) is 38.1 Å². The quantitative estimate of drug-likeness (QED) is 0.906. The molecule has 2 N–H and O–H groups in total. The highest BCUT2D eigenvalue weighted by molar-refractivity contribution is 7.99. The Morgan fingerprint density at radius 3 is 2.63 bits per heavy atom. The molecule has 0 radical (unpaired) electrons. The van der Waals surface area contributed by atoms with E-state index in [0.29, 0.717) is 11.3 Å². The normalized spacial score (nSPS) is 12.4. The third-order valence-electron chi connectivity index (χ3n) is 2.80. The average molecular weight is 275 g/mol. The van der Waals surface area contributed by atoms with Gasteiger partial charge in [0, 0.05) is 10.9 Å². The van der Waals surface area contributed by atoms with Crippen LogP contribution in [0.15, 0.2) is 52.3 Å². The maximum atomic E-state index is 14.0. The first-order valence-electron chi connectivity index (χ1n) is 6.34. The first-order valence-corrected chi connectivity index (χ1v) is 7.15. The van der Waals surface area contributed by atoms with Crippen LogP contribution in [0, 0.1) is 12.7 Å². The van der Waals surface area contributed by atoms with Gasteiger partial charge in [-0.3, -0.25) is 0 Å². The van der Waals surface area contributed by atoms with Crippen molar-refractivity contribution in [1.82, 2.24) is 0 Å². The van der Waals surface area contributed by atoms with E-state index >= 15 is 0 Å². The standard InChI is InChI=1S/C16H18FNS/c1-11-5-3-7-14(9-11)19-16-13(10-12(2)18)6-4-8-15(16)17/h3-9,12H,10,18H2,1-2H3. The van der Waals surface area contributed by atoms with Crippen molar-refractivity contribution in [2.75, 3.05) is 0 Å². The largest absolute Gasteiger partial charge is 0.328 e. The fourth-order valence-corrected chi connectivity index (χ4v) is 3.05. The molecule has 100 valence electrons. The summed E-state index contributed by atoms with van der Waals surface area (Å²) >= 11 is 1.47. The Morgan fingerprint density at radius 1 is 1.21 bits per heavy atom. The average Bonchev–Trinajstić information content (AvgIpc) is 2.33. The van der Waals surface area contributed by atoms with Crippen molar-refractivity contribution in [2.45, 2.75) is 36.1 Å². The van der Waals surface area contributed by atoms with Gasteiger partial charge in [0.2, 0.25) is 0 Å². The minimum atomic E-state index is -0.176. The van der Waals surface area contributed by atoms with Crippen LogP contribution in [0.4, 0.5) is 4.39 Å². The van der Waals surface area contributed by atoms with Crippen molar-refractivity contribution in [3.63, 3.8) is 0 Å². The Labute approximate surface area is 118 Å². The van der Waals surface area contributed by atoms with Crippen LogP contribution >= 0.6 is 11.8 Å². The predicted octanol–water partition coefficient (Wildman–Crippen LogP) is 4.18. The van der Waals surface area contributed by atoms with Gasteiger partial charge in [-0.2, -0.15) is 0 Å². The van der Waals surface area contributed by atoms with Crippen molar-refractivity contribution < 1.29 is 4.39 Å². The van der Waals surface area contributed by atoms with E-state index in [1.165, 1.54) is 23.4 Å². The lowest BCUT2D eigenvalue weighted by atomic mass is 10.1. The zero-order chi connectivity index (χ0) is 13.8. The van der Waals surface area contributed by atoms with E-state index in [1.54, 1.807) is 6.07 Å². The second-order valence-corrected chi connectivity index (χ2v) is 5.91. The third-order valence-corrected chi connectivity index (χ3v) is 3.95. The number of halogens is 1. The molecule has 3 heteroatoms. The summed E-state index contributed by atoms with van der Waals surface area (Å²) < 4.78 is 14.0. The lowest BCUT2D eigenvalue weighted by Crippen LogP contribution is -2.18. The first-order chi connectivity index (χ1) is 9.06. The Morgan fingerprint density at radius 2 is 1.95 bits per heavy atom. The molecule has 0 aromatic heterocycles. The van der Waals surface area contributed by atoms with Gasteiger partial charge in [0.25, 0.3) is 0 Å². The number of hydrogen-bond acceptors (Lipinski definition) is 2. The number of aryl methyl sites for hydroxylation is 1. The minimum Gasteiger partial charge on any atom is -0.328 e. The Hall–Kier alpha value is -1.32. The van der Waals surface area contributed by atoms with Gasteiger partial charge in [-0.05, 0) is 44.0 Å². The van der Waals surface area contributed by atoms with Gasteiger partial charge >= 0.3 is 0 Å². The molecule has 2 aromatic rings. The maximum Gasteiger partial charge on any atom is 0.137 e. The van der Waals surface area contributed by atoms with Gasteiger partial charge in [0.05, 0.1) is 4.90 Å². The number of hydrogen-bond donors (Lipinski definition) is 1. The van der Waals surface area contributed by atoms with Crippen LogP contribution in [-0.4, -0.2) is 6.04 Å². The van der Waals surface area contributed by atoms with E-state index in [2.05, 4.69) is 6.07 Å². The van der Waals surface area contributed by atoms with Gasteiger partial charge in [0.1, 0.15) is 5.82 Å². The topological polar surface area (TPSA) is 26.0 Å². The Kier molecular flexibility index (Phi) is 4.61. The van der Waals surface area contributed by atoms with Gasteiger partial charge in [0.15, 0.2) is 0 Å². The summed E-state index contributed by atoms with van der Waals surface area (Å²) in [4.78, 5) is 1.74. The molecule has 0 aliphatic rings. The third kappa shape index (κ3) is 3.82. The molecule has 0 saturated heterocycles. The number of benzene rings is 2. The molecular formula is C16H18FNS. The van der Waals surface area contributed by atoms with Crippen LogP contribution in [0.5, 0.6) is 0 Å². The van der Waals surface area contributed by atoms with E-state index in [4.69, 9.17) is 5.73 Å². The fraction of sp³-hybridized carbons (Fsp3) is 0.250. The molecule has 2 aromatic carbocycles. The molecule has 0 heterocycles. The van der Waals surface area contributed by atoms with Crippen molar-refractivity contribution in [2.24, 2.45) is 5.73 Å². The van der Waals surface area contributed by atoms with Crippen LogP contribution in [0.25, 0.3) is 0 Å². The molecule has 0 bridgehead atoms. The molecule has 1 unspecified atom stereocenters. The van der Waals surface area contributed by atoms with Gasteiger partial charge < -0.3 is 5.73 Å². The highest BCUT2D eigenvalue weighted by Gasteiger charge is 2.11. The van der Waals surface area contributed by atoms with Crippen molar-refractivity contribution >= 4 is 11.8 Å². The molecule has 0 amide bonds. The molecule has 1 atom stereocenters. The molecule has 1 nitrogen and oxygen atoms in total.